The largest absolute Gasteiger partial charge is 0.492 e. The Balaban J connectivity index is 1.81. The number of nitrogens with zero attached hydrogens (tertiary/aromatic N) is 1. The van der Waals surface area contributed by atoms with Gasteiger partial charge in [0.15, 0.2) is 11.5 Å². The molecule has 0 fully saturated rings. The van der Waals surface area contributed by atoms with Gasteiger partial charge in [-0.1, -0.05) is 6.07 Å². The van der Waals surface area contributed by atoms with Crippen molar-refractivity contribution in [2.75, 3.05) is 27.5 Å². The molecule has 0 aliphatic carbocycles. The topological polar surface area (TPSA) is 61.1 Å². The van der Waals surface area contributed by atoms with Gasteiger partial charge in [0.1, 0.15) is 5.58 Å². The molecule has 0 N–H and O–H groups in total. The lowest BCUT2D eigenvalue weighted by Gasteiger charge is -2.22. The van der Waals surface area contributed by atoms with Crippen LogP contribution in [0.1, 0.15) is 27.8 Å². The molecule has 0 spiro atoms. The van der Waals surface area contributed by atoms with Crippen molar-refractivity contribution in [3.05, 3.63) is 62.5 Å². The summed E-state index contributed by atoms with van der Waals surface area (Å²) in [5.74, 6) is 2.00. The fourth-order valence-electron chi connectivity index (χ4n) is 4.47. The maximum absolute atomic E-state index is 12.4. The molecule has 0 atom stereocenters. The Hall–Kier alpha value is -3.41. The number of aryl methyl sites for hydroxylation is 2. The fourth-order valence-corrected chi connectivity index (χ4v) is 4.47. The Labute approximate surface area is 174 Å². The van der Waals surface area contributed by atoms with Gasteiger partial charge in [-0.25, -0.2) is 4.79 Å². The molecule has 6 heteroatoms. The molecule has 0 unspecified atom stereocenters. The van der Waals surface area contributed by atoms with Gasteiger partial charge in [-0.15, -0.1) is 0 Å². The van der Waals surface area contributed by atoms with E-state index in [9.17, 15) is 4.79 Å². The zero-order valence-corrected chi connectivity index (χ0v) is 17.5. The lowest BCUT2D eigenvalue weighted by Crippen LogP contribution is -2.19. The van der Waals surface area contributed by atoms with E-state index in [-0.39, 0.29) is 12.4 Å². The Morgan fingerprint density at radius 1 is 1.10 bits per heavy atom. The monoisotopic (exact) mass is 405 g/mol. The van der Waals surface area contributed by atoms with E-state index in [4.69, 9.17) is 18.6 Å². The highest BCUT2D eigenvalue weighted by atomic mass is 16.7. The van der Waals surface area contributed by atoms with Crippen LogP contribution in [0.3, 0.4) is 0 Å². The van der Waals surface area contributed by atoms with Crippen molar-refractivity contribution >= 4 is 22.7 Å². The molecule has 30 heavy (non-hydrogen) atoms. The Morgan fingerprint density at radius 2 is 1.93 bits per heavy atom. The molecule has 2 aromatic carbocycles. The highest BCUT2D eigenvalue weighted by Crippen LogP contribution is 2.47. The molecule has 3 aromatic rings. The molecule has 2 aliphatic rings. The van der Waals surface area contributed by atoms with E-state index in [0.717, 1.165) is 51.9 Å². The number of hydrogen-bond donors (Lipinski definition) is 0. The zero-order valence-electron chi connectivity index (χ0n) is 17.5. The fraction of sp³-hybridized carbons (Fsp3) is 0.292. The number of likely N-dealkylation sites (N-methyl/N-ethyl adjacent to an activating group) is 1. The lowest BCUT2D eigenvalue weighted by atomic mass is 9.98. The number of rotatable bonds is 2. The van der Waals surface area contributed by atoms with E-state index in [0.29, 0.717) is 22.8 Å². The normalized spacial score (nSPS) is 15.1. The minimum Gasteiger partial charge on any atom is -0.492 e. The van der Waals surface area contributed by atoms with Crippen molar-refractivity contribution in [2.24, 2.45) is 0 Å². The van der Waals surface area contributed by atoms with Crippen LogP contribution in [0.5, 0.6) is 17.2 Å². The minimum absolute atomic E-state index is 0.188. The van der Waals surface area contributed by atoms with E-state index < -0.39 is 0 Å². The van der Waals surface area contributed by atoms with Gasteiger partial charge in [0.05, 0.1) is 7.11 Å². The molecular formula is C24H23NO5. The van der Waals surface area contributed by atoms with E-state index in [1.165, 1.54) is 0 Å². The number of benzene rings is 2. The maximum atomic E-state index is 12.4. The Bertz CT molecular complexity index is 1270. The molecule has 6 nitrogen and oxygen atoms in total. The van der Waals surface area contributed by atoms with Crippen LogP contribution in [0.15, 0.2) is 33.5 Å². The number of fused-ring (bicyclic) bond motifs is 3. The smallest absolute Gasteiger partial charge is 0.336 e. The highest BCUT2D eigenvalue weighted by molar-refractivity contribution is 5.97. The molecule has 5 rings (SSSR count). The quantitative estimate of drug-likeness (QED) is 0.598. The van der Waals surface area contributed by atoms with Crippen molar-refractivity contribution in [1.29, 1.82) is 0 Å². The maximum Gasteiger partial charge on any atom is 0.336 e. The van der Waals surface area contributed by atoms with Crippen molar-refractivity contribution in [2.45, 2.75) is 20.3 Å². The first kappa shape index (κ1) is 18.6. The number of ether oxygens (including phenoxy) is 3. The molecule has 154 valence electrons. The third-order valence-electron chi connectivity index (χ3n) is 5.82. The molecule has 3 heterocycles. The summed E-state index contributed by atoms with van der Waals surface area (Å²) < 4.78 is 22.5. The second-order valence-corrected chi connectivity index (χ2v) is 7.85. The summed E-state index contributed by atoms with van der Waals surface area (Å²) in [6, 6.07) is 7.63. The van der Waals surface area contributed by atoms with Crippen LogP contribution in [-0.2, 0) is 6.42 Å². The summed E-state index contributed by atoms with van der Waals surface area (Å²) in [5.41, 5.74) is 6.24. The predicted octanol–water partition coefficient (Wildman–Crippen LogP) is 4.13. The van der Waals surface area contributed by atoms with E-state index >= 15 is 0 Å². The van der Waals surface area contributed by atoms with Gasteiger partial charge in [0, 0.05) is 41.9 Å². The van der Waals surface area contributed by atoms with E-state index in [2.05, 4.69) is 17.0 Å². The Kier molecular flexibility index (Phi) is 4.24. The summed E-state index contributed by atoms with van der Waals surface area (Å²) >= 11 is 0. The van der Waals surface area contributed by atoms with Crippen LogP contribution in [0.2, 0.25) is 0 Å². The van der Waals surface area contributed by atoms with Gasteiger partial charge in [0.25, 0.3) is 0 Å². The van der Waals surface area contributed by atoms with Gasteiger partial charge in [-0.05, 0) is 55.2 Å². The molecule has 0 amide bonds. The first-order chi connectivity index (χ1) is 14.5. The van der Waals surface area contributed by atoms with Crippen LogP contribution in [0.25, 0.3) is 22.7 Å². The summed E-state index contributed by atoms with van der Waals surface area (Å²) in [5, 5.41) is 0.946. The summed E-state index contributed by atoms with van der Waals surface area (Å²) in [6.45, 7) is 5.02. The lowest BCUT2D eigenvalue weighted by molar-refractivity contribution is 0.171. The molecule has 0 radical (unpaired) electrons. The molecule has 0 saturated carbocycles. The van der Waals surface area contributed by atoms with Crippen molar-refractivity contribution in [3.63, 3.8) is 0 Å². The van der Waals surface area contributed by atoms with Crippen LogP contribution in [0, 0.1) is 13.8 Å². The SMILES string of the molecule is COc1c2c(cc3c1OCO3)CCN(C)C(c1cc(=O)oc3cc(C)cc(C)c13)=C2. The van der Waals surface area contributed by atoms with Crippen LogP contribution >= 0.6 is 0 Å². The average Bonchev–Trinajstić information content (AvgIpc) is 3.09. The van der Waals surface area contributed by atoms with Crippen LogP contribution in [-0.4, -0.2) is 32.4 Å². The third kappa shape index (κ3) is 2.83. The molecular weight excluding hydrogens is 382 g/mol. The average molecular weight is 405 g/mol. The zero-order chi connectivity index (χ0) is 21.0. The second-order valence-electron chi connectivity index (χ2n) is 7.85. The van der Waals surface area contributed by atoms with Crippen molar-refractivity contribution in [3.8, 4) is 17.2 Å². The highest BCUT2D eigenvalue weighted by Gasteiger charge is 2.27. The van der Waals surface area contributed by atoms with Gasteiger partial charge < -0.3 is 23.5 Å². The van der Waals surface area contributed by atoms with Crippen molar-refractivity contribution < 1.29 is 18.6 Å². The molecule has 2 aliphatic heterocycles. The minimum atomic E-state index is -0.362. The van der Waals surface area contributed by atoms with Gasteiger partial charge in [-0.3, -0.25) is 0 Å². The Morgan fingerprint density at radius 3 is 2.73 bits per heavy atom. The molecule has 0 bridgehead atoms. The van der Waals surface area contributed by atoms with Crippen molar-refractivity contribution in [1.82, 2.24) is 4.90 Å². The molecule has 1 aromatic heterocycles. The standard InChI is InChI=1S/C24H23NO5/c1-13-7-14(2)22-17(11-21(26)30-19(22)8-13)18-10-16-15(5-6-25(18)3)9-20-24(23(16)27-4)29-12-28-20/h7-11H,5-6,12H2,1-4H3. The van der Waals surface area contributed by atoms with Gasteiger partial charge in [-0.2, -0.15) is 0 Å². The first-order valence-electron chi connectivity index (χ1n) is 9.94. The number of hydrogen-bond acceptors (Lipinski definition) is 6. The number of methoxy groups -OCH3 is 1. The van der Waals surface area contributed by atoms with E-state index in [1.54, 1.807) is 13.2 Å². The van der Waals surface area contributed by atoms with Gasteiger partial charge in [0.2, 0.25) is 12.5 Å². The first-order valence-corrected chi connectivity index (χ1v) is 9.94. The summed E-state index contributed by atoms with van der Waals surface area (Å²) in [6.07, 6.45) is 2.90. The van der Waals surface area contributed by atoms with E-state index in [1.807, 2.05) is 33.0 Å². The third-order valence-corrected chi connectivity index (χ3v) is 5.82. The summed E-state index contributed by atoms with van der Waals surface area (Å²) in [4.78, 5) is 14.6. The second kappa shape index (κ2) is 6.83. The summed E-state index contributed by atoms with van der Waals surface area (Å²) in [7, 11) is 3.67. The molecule has 0 saturated heterocycles. The van der Waals surface area contributed by atoms with Crippen LogP contribution < -0.4 is 19.8 Å². The van der Waals surface area contributed by atoms with Gasteiger partial charge >= 0.3 is 5.63 Å². The van der Waals surface area contributed by atoms with Crippen LogP contribution in [0.4, 0.5) is 0 Å². The predicted molar refractivity (Wildman–Crippen MR) is 115 cm³/mol.